The average molecular weight is 345 g/mol. The number of ether oxygens (including phenoxy) is 1. The van der Waals surface area contributed by atoms with Gasteiger partial charge in [-0.1, -0.05) is 12.1 Å². The molecule has 0 saturated carbocycles. The summed E-state index contributed by atoms with van der Waals surface area (Å²) in [6.07, 6.45) is 7.68. The maximum Gasteiger partial charge on any atom is 0.224 e. The Hall–Kier alpha value is -2.99. The second-order valence-electron chi connectivity index (χ2n) is 6.60. The van der Waals surface area contributed by atoms with E-state index in [4.69, 9.17) is 4.74 Å². The van der Waals surface area contributed by atoms with E-state index in [1.165, 1.54) is 0 Å². The van der Waals surface area contributed by atoms with Crippen LogP contribution in [0.25, 0.3) is 33.1 Å². The highest BCUT2D eigenvalue weighted by molar-refractivity contribution is 5.96. The van der Waals surface area contributed by atoms with E-state index in [0.29, 0.717) is 12.0 Å². The molecule has 4 heterocycles. The molecule has 1 fully saturated rings. The molecule has 0 spiro atoms. The number of hydrogen-bond donors (Lipinski definition) is 2. The first-order valence-electron chi connectivity index (χ1n) is 8.90. The molecule has 0 aliphatic carbocycles. The van der Waals surface area contributed by atoms with Gasteiger partial charge in [-0.15, -0.1) is 0 Å². The Kier molecular flexibility index (Phi) is 3.75. The summed E-state index contributed by atoms with van der Waals surface area (Å²) in [5.41, 5.74) is 4.07. The number of hydrogen-bond acceptors (Lipinski definition) is 5. The topological polar surface area (TPSA) is 75.7 Å². The Bertz CT molecular complexity index is 1070. The minimum atomic E-state index is 0.378. The molecular weight excluding hydrogens is 326 g/mol. The summed E-state index contributed by atoms with van der Waals surface area (Å²) in [5, 5.41) is 5.56. The summed E-state index contributed by atoms with van der Waals surface area (Å²) in [4.78, 5) is 16.8. The minimum Gasteiger partial charge on any atom is -0.381 e. The number of nitrogens with one attached hydrogen (secondary N) is 2. The molecule has 5 rings (SSSR count). The van der Waals surface area contributed by atoms with E-state index in [-0.39, 0.29) is 0 Å². The van der Waals surface area contributed by atoms with Crippen molar-refractivity contribution in [3.8, 4) is 11.1 Å². The summed E-state index contributed by atoms with van der Waals surface area (Å²) in [6.45, 7) is 1.59. The van der Waals surface area contributed by atoms with Gasteiger partial charge in [-0.3, -0.25) is 4.98 Å². The second kappa shape index (κ2) is 6.38. The zero-order chi connectivity index (χ0) is 17.3. The number of aromatic nitrogens is 4. The fraction of sp³-hybridized carbons (Fsp3) is 0.250. The Morgan fingerprint density at radius 3 is 2.96 bits per heavy atom. The molecule has 0 atom stereocenters. The fourth-order valence-corrected chi connectivity index (χ4v) is 3.48. The molecule has 0 unspecified atom stereocenters. The van der Waals surface area contributed by atoms with Gasteiger partial charge in [0.25, 0.3) is 0 Å². The number of nitrogens with zero attached hydrogens (tertiary/aromatic N) is 3. The summed E-state index contributed by atoms with van der Waals surface area (Å²) < 4.78 is 5.40. The molecular formula is C20H19N5O. The quantitative estimate of drug-likeness (QED) is 0.591. The molecule has 0 radical (unpaired) electrons. The molecule has 1 saturated heterocycles. The van der Waals surface area contributed by atoms with E-state index in [0.717, 1.165) is 59.1 Å². The first-order chi connectivity index (χ1) is 12.9. The lowest BCUT2D eigenvalue weighted by Gasteiger charge is -2.22. The van der Waals surface area contributed by atoms with Crippen LogP contribution in [0.5, 0.6) is 0 Å². The van der Waals surface area contributed by atoms with E-state index in [2.05, 4.69) is 43.5 Å². The summed E-state index contributed by atoms with van der Waals surface area (Å²) in [6, 6.07) is 10.7. The van der Waals surface area contributed by atoms with Gasteiger partial charge in [-0.25, -0.2) is 4.98 Å². The number of anilines is 1. The fourth-order valence-electron chi connectivity index (χ4n) is 3.48. The van der Waals surface area contributed by atoms with Crippen molar-refractivity contribution >= 4 is 27.9 Å². The largest absolute Gasteiger partial charge is 0.381 e. The molecule has 130 valence electrons. The maximum absolute atomic E-state index is 5.40. The van der Waals surface area contributed by atoms with E-state index < -0.39 is 0 Å². The first kappa shape index (κ1) is 15.3. The normalized spacial score (nSPS) is 15.5. The number of benzene rings is 1. The zero-order valence-corrected chi connectivity index (χ0v) is 14.3. The Morgan fingerprint density at radius 2 is 2.04 bits per heavy atom. The van der Waals surface area contributed by atoms with Crippen molar-refractivity contribution in [3.05, 3.63) is 48.9 Å². The second-order valence-corrected chi connectivity index (χ2v) is 6.60. The standard InChI is InChI=1S/C20H19N5O/c1-2-14-10-13(3-4-18(14)21-7-1)16-11-22-19-17(16)12-23-20(25-19)24-15-5-8-26-9-6-15/h1-4,7,10-12,15H,5-6,8-9H2,(H2,22,23,24,25). The van der Waals surface area contributed by atoms with Crippen molar-refractivity contribution in [2.75, 3.05) is 18.5 Å². The van der Waals surface area contributed by atoms with E-state index >= 15 is 0 Å². The van der Waals surface area contributed by atoms with Crippen LogP contribution in [0.3, 0.4) is 0 Å². The Balaban J connectivity index is 1.48. The number of pyridine rings is 1. The van der Waals surface area contributed by atoms with Crippen molar-refractivity contribution in [3.63, 3.8) is 0 Å². The van der Waals surface area contributed by atoms with Crippen LogP contribution >= 0.6 is 0 Å². The van der Waals surface area contributed by atoms with Crippen LogP contribution in [-0.2, 0) is 4.74 Å². The monoisotopic (exact) mass is 345 g/mol. The van der Waals surface area contributed by atoms with E-state index in [1.54, 1.807) is 0 Å². The maximum atomic E-state index is 5.40. The third-order valence-electron chi connectivity index (χ3n) is 4.90. The average Bonchev–Trinajstić information content (AvgIpc) is 3.12. The highest BCUT2D eigenvalue weighted by Gasteiger charge is 2.15. The van der Waals surface area contributed by atoms with Gasteiger partial charge >= 0.3 is 0 Å². The summed E-state index contributed by atoms with van der Waals surface area (Å²) >= 11 is 0. The predicted octanol–water partition coefficient (Wildman–Crippen LogP) is 3.76. The molecule has 1 aliphatic rings. The lowest BCUT2D eigenvalue weighted by molar-refractivity contribution is 0.0903. The number of H-pyrrole nitrogens is 1. The summed E-state index contributed by atoms with van der Waals surface area (Å²) in [7, 11) is 0. The van der Waals surface area contributed by atoms with Gasteiger partial charge < -0.3 is 15.0 Å². The van der Waals surface area contributed by atoms with Crippen molar-refractivity contribution < 1.29 is 4.74 Å². The van der Waals surface area contributed by atoms with Gasteiger partial charge in [-0.2, -0.15) is 4.98 Å². The van der Waals surface area contributed by atoms with Crippen LogP contribution in [0.4, 0.5) is 5.95 Å². The summed E-state index contributed by atoms with van der Waals surface area (Å²) in [5.74, 6) is 0.667. The van der Waals surface area contributed by atoms with Crippen molar-refractivity contribution in [2.24, 2.45) is 0 Å². The molecule has 1 aliphatic heterocycles. The van der Waals surface area contributed by atoms with E-state index in [1.807, 2.05) is 30.7 Å². The third kappa shape index (κ3) is 2.78. The molecule has 4 aromatic rings. The molecule has 6 nitrogen and oxygen atoms in total. The van der Waals surface area contributed by atoms with Crippen LogP contribution < -0.4 is 5.32 Å². The molecule has 0 amide bonds. The van der Waals surface area contributed by atoms with Crippen LogP contribution in [0.15, 0.2) is 48.9 Å². The van der Waals surface area contributed by atoms with Gasteiger partial charge in [0, 0.05) is 54.2 Å². The van der Waals surface area contributed by atoms with Gasteiger partial charge in [-0.05, 0) is 36.6 Å². The van der Waals surface area contributed by atoms with Crippen molar-refractivity contribution in [2.45, 2.75) is 18.9 Å². The van der Waals surface area contributed by atoms with Gasteiger partial charge in [0.1, 0.15) is 5.65 Å². The van der Waals surface area contributed by atoms with Gasteiger partial charge in [0.15, 0.2) is 0 Å². The Morgan fingerprint density at radius 1 is 1.12 bits per heavy atom. The van der Waals surface area contributed by atoms with Gasteiger partial charge in [0.05, 0.1) is 5.52 Å². The van der Waals surface area contributed by atoms with Crippen LogP contribution in [0.2, 0.25) is 0 Å². The van der Waals surface area contributed by atoms with Crippen molar-refractivity contribution in [1.29, 1.82) is 0 Å². The third-order valence-corrected chi connectivity index (χ3v) is 4.90. The van der Waals surface area contributed by atoms with Crippen LogP contribution in [0, 0.1) is 0 Å². The molecule has 3 aromatic heterocycles. The lowest BCUT2D eigenvalue weighted by atomic mass is 10.0. The smallest absolute Gasteiger partial charge is 0.224 e. The molecule has 26 heavy (non-hydrogen) atoms. The molecule has 6 heteroatoms. The predicted molar refractivity (Wildman–Crippen MR) is 102 cm³/mol. The van der Waals surface area contributed by atoms with Crippen LogP contribution in [0.1, 0.15) is 12.8 Å². The molecule has 1 aromatic carbocycles. The minimum absolute atomic E-state index is 0.378. The van der Waals surface area contributed by atoms with Crippen molar-refractivity contribution in [1.82, 2.24) is 19.9 Å². The molecule has 0 bridgehead atoms. The van der Waals surface area contributed by atoms with Crippen LogP contribution in [-0.4, -0.2) is 39.2 Å². The number of aromatic amines is 1. The highest BCUT2D eigenvalue weighted by atomic mass is 16.5. The number of rotatable bonds is 3. The zero-order valence-electron chi connectivity index (χ0n) is 14.3. The lowest BCUT2D eigenvalue weighted by Crippen LogP contribution is -2.28. The van der Waals surface area contributed by atoms with Gasteiger partial charge in [0.2, 0.25) is 5.95 Å². The van der Waals surface area contributed by atoms with E-state index in [9.17, 15) is 0 Å². The highest BCUT2D eigenvalue weighted by Crippen LogP contribution is 2.30. The SMILES string of the molecule is c1cnc2ccc(-c3c[nH]c4nc(NC5CCOCC5)ncc34)cc2c1. The molecule has 2 N–H and O–H groups in total. The Labute approximate surface area is 150 Å². The first-order valence-corrected chi connectivity index (χ1v) is 8.90. The number of fused-ring (bicyclic) bond motifs is 2.